The van der Waals surface area contributed by atoms with Crippen molar-refractivity contribution in [1.82, 2.24) is 5.32 Å². The standard InChI is InChI=1S/C13H17NO.BrH/c15-12-4-3-9-8-13-10(2-1-5-14-13)6-11(9)7-12;/h3-4,7,10,13-15H,1-2,5-6,8H2;1H/t10-,13-;/m1./s1. The van der Waals surface area contributed by atoms with Crippen LogP contribution in [0, 0.1) is 5.92 Å². The monoisotopic (exact) mass is 283 g/mol. The first-order chi connectivity index (χ1) is 7.33. The van der Waals surface area contributed by atoms with Gasteiger partial charge in [-0.2, -0.15) is 0 Å². The van der Waals surface area contributed by atoms with Gasteiger partial charge in [0.1, 0.15) is 5.75 Å². The lowest BCUT2D eigenvalue weighted by atomic mass is 9.76. The minimum atomic E-state index is 0. The molecule has 3 heteroatoms. The molecule has 0 amide bonds. The minimum absolute atomic E-state index is 0. The summed E-state index contributed by atoms with van der Waals surface area (Å²) in [7, 11) is 0. The summed E-state index contributed by atoms with van der Waals surface area (Å²) in [6.45, 7) is 1.18. The third-order valence-corrected chi connectivity index (χ3v) is 3.84. The summed E-state index contributed by atoms with van der Waals surface area (Å²) in [6.07, 6.45) is 4.92. The molecular formula is C13H18BrNO. The van der Waals surface area contributed by atoms with Gasteiger partial charge >= 0.3 is 0 Å². The lowest BCUT2D eigenvalue weighted by molar-refractivity contribution is 0.263. The fourth-order valence-corrected chi connectivity index (χ4v) is 3.02. The smallest absolute Gasteiger partial charge is 0.115 e. The van der Waals surface area contributed by atoms with E-state index >= 15 is 0 Å². The highest BCUT2D eigenvalue weighted by molar-refractivity contribution is 8.93. The largest absolute Gasteiger partial charge is 0.508 e. The van der Waals surface area contributed by atoms with Gasteiger partial charge < -0.3 is 10.4 Å². The van der Waals surface area contributed by atoms with Crippen molar-refractivity contribution in [2.45, 2.75) is 31.7 Å². The molecule has 16 heavy (non-hydrogen) atoms. The summed E-state index contributed by atoms with van der Waals surface area (Å²) < 4.78 is 0. The van der Waals surface area contributed by atoms with Crippen LogP contribution in [0.4, 0.5) is 0 Å². The molecule has 1 aliphatic carbocycles. The van der Waals surface area contributed by atoms with Crippen LogP contribution in [0.1, 0.15) is 24.0 Å². The molecule has 2 atom stereocenters. The molecule has 1 aromatic carbocycles. The van der Waals surface area contributed by atoms with Crippen molar-refractivity contribution in [3.05, 3.63) is 29.3 Å². The molecule has 0 bridgehead atoms. The van der Waals surface area contributed by atoms with Gasteiger partial charge in [0.2, 0.25) is 0 Å². The SMILES string of the molecule is Br.Oc1ccc2c(c1)C[C@H]1CCCN[C@@H]1C2. The normalized spacial score (nSPS) is 27.5. The van der Waals surface area contributed by atoms with Gasteiger partial charge in [0.15, 0.2) is 0 Å². The number of piperidine rings is 1. The summed E-state index contributed by atoms with van der Waals surface area (Å²) >= 11 is 0. The molecule has 88 valence electrons. The fourth-order valence-electron chi connectivity index (χ4n) is 3.02. The number of hydrogen-bond donors (Lipinski definition) is 2. The van der Waals surface area contributed by atoms with E-state index in [0.29, 0.717) is 11.8 Å². The Kier molecular flexibility index (Phi) is 3.55. The van der Waals surface area contributed by atoms with Gasteiger partial charge in [-0.05, 0) is 61.4 Å². The Morgan fingerprint density at radius 2 is 2.06 bits per heavy atom. The van der Waals surface area contributed by atoms with Crippen LogP contribution in [0.25, 0.3) is 0 Å². The first-order valence-corrected chi connectivity index (χ1v) is 5.87. The van der Waals surface area contributed by atoms with E-state index in [-0.39, 0.29) is 17.0 Å². The molecule has 1 aromatic rings. The number of halogens is 1. The van der Waals surface area contributed by atoms with Crippen molar-refractivity contribution in [2.75, 3.05) is 6.54 Å². The Morgan fingerprint density at radius 1 is 1.19 bits per heavy atom. The van der Waals surface area contributed by atoms with Gasteiger partial charge in [-0.1, -0.05) is 6.07 Å². The van der Waals surface area contributed by atoms with Crippen molar-refractivity contribution in [2.24, 2.45) is 5.92 Å². The Bertz CT molecular complexity index is 380. The van der Waals surface area contributed by atoms with E-state index in [9.17, 15) is 5.11 Å². The zero-order valence-corrected chi connectivity index (χ0v) is 11.0. The van der Waals surface area contributed by atoms with Crippen LogP contribution in [-0.4, -0.2) is 17.7 Å². The molecule has 0 radical (unpaired) electrons. The van der Waals surface area contributed by atoms with E-state index in [1.807, 2.05) is 12.1 Å². The number of hydrogen-bond acceptors (Lipinski definition) is 2. The Balaban J connectivity index is 0.000000963. The second-order valence-electron chi connectivity index (χ2n) is 4.82. The second kappa shape index (κ2) is 4.76. The third kappa shape index (κ3) is 2.11. The molecule has 0 aromatic heterocycles. The van der Waals surface area contributed by atoms with Crippen molar-refractivity contribution < 1.29 is 5.11 Å². The van der Waals surface area contributed by atoms with E-state index in [1.165, 1.54) is 30.5 Å². The first kappa shape index (κ1) is 11.9. The summed E-state index contributed by atoms with van der Waals surface area (Å²) in [5, 5.41) is 13.1. The van der Waals surface area contributed by atoms with Gasteiger partial charge in [0.05, 0.1) is 0 Å². The molecule has 1 aliphatic heterocycles. The molecule has 0 saturated carbocycles. The van der Waals surface area contributed by atoms with E-state index in [0.717, 1.165) is 18.8 Å². The Hall–Kier alpha value is -0.540. The zero-order valence-electron chi connectivity index (χ0n) is 9.28. The fraction of sp³-hybridized carbons (Fsp3) is 0.538. The van der Waals surface area contributed by atoms with Crippen LogP contribution in [0.3, 0.4) is 0 Å². The van der Waals surface area contributed by atoms with Crippen LogP contribution >= 0.6 is 17.0 Å². The van der Waals surface area contributed by atoms with Gasteiger partial charge in [-0.25, -0.2) is 0 Å². The van der Waals surface area contributed by atoms with E-state index in [2.05, 4.69) is 11.4 Å². The van der Waals surface area contributed by atoms with Gasteiger partial charge in [0, 0.05) is 6.04 Å². The van der Waals surface area contributed by atoms with Gasteiger partial charge in [-0.3, -0.25) is 0 Å². The summed E-state index contributed by atoms with van der Waals surface area (Å²) in [6, 6.07) is 6.51. The first-order valence-electron chi connectivity index (χ1n) is 5.87. The van der Waals surface area contributed by atoms with Crippen molar-refractivity contribution in [1.29, 1.82) is 0 Å². The molecule has 0 spiro atoms. The quantitative estimate of drug-likeness (QED) is 0.767. The average Bonchev–Trinajstić information content (AvgIpc) is 2.26. The third-order valence-electron chi connectivity index (χ3n) is 3.84. The predicted molar refractivity (Wildman–Crippen MR) is 70.4 cm³/mol. The number of benzene rings is 1. The lowest BCUT2D eigenvalue weighted by Crippen LogP contribution is -2.45. The number of aromatic hydroxyl groups is 1. The van der Waals surface area contributed by atoms with E-state index in [4.69, 9.17) is 0 Å². The molecule has 1 fully saturated rings. The molecule has 2 nitrogen and oxygen atoms in total. The minimum Gasteiger partial charge on any atom is -0.508 e. The molecule has 1 saturated heterocycles. The molecular weight excluding hydrogens is 266 g/mol. The van der Waals surface area contributed by atoms with Crippen LogP contribution in [0.2, 0.25) is 0 Å². The molecule has 0 unspecified atom stereocenters. The second-order valence-corrected chi connectivity index (χ2v) is 4.82. The summed E-state index contributed by atoms with van der Waals surface area (Å²) in [5.74, 6) is 1.20. The predicted octanol–water partition coefficient (Wildman–Crippen LogP) is 2.44. The summed E-state index contributed by atoms with van der Waals surface area (Å²) in [4.78, 5) is 0. The number of phenols is 1. The molecule has 2 aliphatic rings. The maximum absolute atomic E-state index is 9.47. The average molecular weight is 284 g/mol. The van der Waals surface area contributed by atoms with Crippen LogP contribution in [0.15, 0.2) is 18.2 Å². The Labute approximate surface area is 107 Å². The van der Waals surface area contributed by atoms with Gasteiger partial charge in [-0.15, -0.1) is 17.0 Å². The molecule has 2 N–H and O–H groups in total. The highest BCUT2D eigenvalue weighted by atomic mass is 79.9. The zero-order chi connectivity index (χ0) is 10.3. The number of phenolic OH excluding ortho intramolecular Hbond substituents is 1. The highest BCUT2D eigenvalue weighted by Crippen LogP contribution is 2.32. The van der Waals surface area contributed by atoms with E-state index < -0.39 is 0 Å². The van der Waals surface area contributed by atoms with Crippen molar-refractivity contribution in [3.8, 4) is 5.75 Å². The molecule has 3 rings (SSSR count). The Morgan fingerprint density at radius 3 is 2.94 bits per heavy atom. The van der Waals surface area contributed by atoms with Crippen molar-refractivity contribution in [3.63, 3.8) is 0 Å². The highest BCUT2D eigenvalue weighted by Gasteiger charge is 2.30. The lowest BCUT2D eigenvalue weighted by Gasteiger charge is -2.37. The number of rotatable bonds is 0. The maximum Gasteiger partial charge on any atom is 0.115 e. The molecule has 1 heterocycles. The van der Waals surface area contributed by atoms with Crippen LogP contribution < -0.4 is 5.32 Å². The van der Waals surface area contributed by atoms with E-state index in [1.54, 1.807) is 0 Å². The van der Waals surface area contributed by atoms with Crippen LogP contribution in [0.5, 0.6) is 5.75 Å². The topological polar surface area (TPSA) is 32.3 Å². The van der Waals surface area contributed by atoms with Crippen molar-refractivity contribution >= 4 is 17.0 Å². The number of fused-ring (bicyclic) bond motifs is 2. The number of nitrogens with one attached hydrogen (secondary N) is 1. The van der Waals surface area contributed by atoms with Crippen LogP contribution in [-0.2, 0) is 12.8 Å². The maximum atomic E-state index is 9.47. The van der Waals surface area contributed by atoms with Gasteiger partial charge in [0.25, 0.3) is 0 Å². The summed E-state index contributed by atoms with van der Waals surface area (Å²) in [5.41, 5.74) is 2.78.